The van der Waals surface area contributed by atoms with Crippen LogP contribution in [0.1, 0.15) is 25.7 Å². The first-order chi connectivity index (χ1) is 7.53. The largest absolute Gasteiger partial charge is 0.375 e. The maximum atomic E-state index is 10.8. The summed E-state index contributed by atoms with van der Waals surface area (Å²) in [7, 11) is -3.85. The minimum absolute atomic E-state index is 0.0599. The molecular weight excluding hydrogens is 234 g/mol. The lowest BCUT2D eigenvalue weighted by Gasteiger charge is -2.27. The van der Waals surface area contributed by atoms with Crippen molar-refractivity contribution < 1.29 is 22.1 Å². The number of hydrogen-bond acceptors (Lipinski definition) is 5. The molecule has 0 aromatic heterocycles. The molecule has 6 nitrogen and oxygen atoms in total. The number of nitrogens with two attached hydrogens (primary N) is 1. The first-order valence-electron chi connectivity index (χ1n) is 5.47. The number of epoxide rings is 1. The van der Waals surface area contributed by atoms with Crippen molar-refractivity contribution in [2.75, 3.05) is 13.2 Å². The molecule has 7 heteroatoms. The summed E-state index contributed by atoms with van der Waals surface area (Å²) in [5.41, 5.74) is 0. The van der Waals surface area contributed by atoms with Crippen molar-refractivity contribution in [3.05, 3.63) is 0 Å². The van der Waals surface area contributed by atoms with Gasteiger partial charge >= 0.3 is 10.3 Å². The van der Waals surface area contributed by atoms with E-state index in [1.165, 1.54) is 0 Å². The molecule has 2 fully saturated rings. The Morgan fingerprint density at radius 3 is 2.62 bits per heavy atom. The van der Waals surface area contributed by atoms with Crippen LogP contribution in [0.3, 0.4) is 0 Å². The predicted molar refractivity (Wildman–Crippen MR) is 55.9 cm³/mol. The fourth-order valence-corrected chi connectivity index (χ4v) is 2.49. The second-order valence-electron chi connectivity index (χ2n) is 4.29. The maximum absolute atomic E-state index is 10.8. The molecule has 1 saturated heterocycles. The molecule has 3 atom stereocenters. The Bertz CT molecular complexity index is 327. The van der Waals surface area contributed by atoms with Crippen molar-refractivity contribution in [3.8, 4) is 0 Å². The summed E-state index contributed by atoms with van der Waals surface area (Å²) in [6.45, 7) is 1.36. The van der Waals surface area contributed by atoms with Crippen molar-refractivity contribution in [2.45, 2.75) is 44.0 Å². The molecule has 0 bridgehead atoms. The molecule has 2 rings (SSSR count). The molecule has 2 N–H and O–H groups in total. The van der Waals surface area contributed by atoms with E-state index in [4.69, 9.17) is 18.8 Å². The third kappa shape index (κ3) is 4.34. The second-order valence-corrected chi connectivity index (χ2v) is 5.47. The van der Waals surface area contributed by atoms with Crippen LogP contribution < -0.4 is 5.14 Å². The third-order valence-electron chi connectivity index (χ3n) is 2.77. The van der Waals surface area contributed by atoms with E-state index in [-0.39, 0.29) is 18.3 Å². The monoisotopic (exact) mass is 251 g/mol. The van der Waals surface area contributed by atoms with Gasteiger partial charge < -0.3 is 9.47 Å². The molecule has 2 aliphatic rings. The Balaban J connectivity index is 1.74. The lowest BCUT2D eigenvalue weighted by atomic mass is 9.95. The predicted octanol–water partition coefficient (Wildman–Crippen LogP) is -0.0669. The third-order valence-corrected chi connectivity index (χ3v) is 3.31. The molecule has 0 aromatic rings. The van der Waals surface area contributed by atoms with E-state index in [1.54, 1.807) is 0 Å². The lowest BCUT2D eigenvalue weighted by Crippen LogP contribution is -2.32. The molecule has 0 aromatic carbocycles. The van der Waals surface area contributed by atoms with Gasteiger partial charge in [-0.2, -0.15) is 8.42 Å². The lowest BCUT2D eigenvalue weighted by molar-refractivity contribution is -0.0114. The Kier molecular flexibility index (Phi) is 3.81. The van der Waals surface area contributed by atoms with Gasteiger partial charge in [-0.1, -0.05) is 0 Å². The highest BCUT2D eigenvalue weighted by Gasteiger charge is 2.29. The summed E-state index contributed by atoms with van der Waals surface area (Å²) in [5, 5.41) is 4.83. The molecule has 16 heavy (non-hydrogen) atoms. The summed E-state index contributed by atoms with van der Waals surface area (Å²) in [4.78, 5) is 0. The van der Waals surface area contributed by atoms with Crippen molar-refractivity contribution in [1.29, 1.82) is 0 Å². The number of hydrogen-bond donors (Lipinski definition) is 1. The van der Waals surface area contributed by atoms with Crippen LogP contribution in [-0.4, -0.2) is 39.9 Å². The summed E-state index contributed by atoms with van der Waals surface area (Å²) >= 11 is 0. The molecule has 0 spiro atoms. The van der Waals surface area contributed by atoms with Crippen LogP contribution in [0.25, 0.3) is 0 Å². The average molecular weight is 251 g/mol. The Labute approximate surface area is 95.3 Å². The van der Waals surface area contributed by atoms with Crippen LogP contribution >= 0.6 is 0 Å². The molecule has 94 valence electrons. The number of ether oxygens (including phenoxy) is 2. The molecule has 1 aliphatic heterocycles. The quantitative estimate of drug-likeness (QED) is 0.691. The van der Waals surface area contributed by atoms with Gasteiger partial charge in [0.15, 0.2) is 0 Å². The fourth-order valence-electron chi connectivity index (χ4n) is 1.94. The Hall–Kier alpha value is -0.210. The molecule has 1 saturated carbocycles. The summed E-state index contributed by atoms with van der Waals surface area (Å²) in [5.74, 6) is 0. The van der Waals surface area contributed by atoms with Crippen LogP contribution in [0.2, 0.25) is 0 Å². The van der Waals surface area contributed by atoms with E-state index >= 15 is 0 Å². The minimum atomic E-state index is -3.85. The maximum Gasteiger partial charge on any atom is 0.333 e. The van der Waals surface area contributed by atoms with Crippen LogP contribution in [0, 0.1) is 0 Å². The van der Waals surface area contributed by atoms with E-state index in [0.717, 1.165) is 25.9 Å². The molecule has 1 aliphatic carbocycles. The summed E-state index contributed by atoms with van der Waals surface area (Å²) in [6, 6.07) is 0. The summed E-state index contributed by atoms with van der Waals surface area (Å²) in [6.07, 6.45) is 3.10. The van der Waals surface area contributed by atoms with Crippen molar-refractivity contribution in [3.63, 3.8) is 0 Å². The van der Waals surface area contributed by atoms with E-state index in [2.05, 4.69) is 0 Å². The van der Waals surface area contributed by atoms with E-state index in [1.807, 2.05) is 0 Å². The zero-order chi connectivity index (χ0) is 11.6. The van der Waals surface area contributed by atoms with Crippen LogP contribution in [-0.2, 0) is 24.0 Å². The summed E-state index contributed by atoms with van der Waals surface area (Å²) < 4.78 is 37.0. The standard InChI is InChI=1S/C9H17NO5S/c10-16(11,12)15-8-3-1-2-7(4-8)13-5-9-6-14-9/h7-9H,1-6H2,(H2,10,11,12). The van der Waals surface area contributed by atoms with Gasteiger partial charge in [-0.15, -0.1) is 0 Å². The van der Waals surface area contributed by atoms with Gasteiger partial charge in [0.1, 0.15) is 6.10 Å². The molecule has 0 radical (unpaired) electrons. The van der Waals surface area contributed by atoms with Crippen LogP contribution in [0.4, 0.5) is 0 Å². The van der Waals surface area contributed by atoms with Gasteiger partial charge in [-0.05, 0) is 19.3 Å². The fraction of sp³-hybridized carbons (Fsp3) is 1.00. The van der Waals surface area contributed by atoms with Crippen LogP contribution in [0.15, 0.2) is 0 Å². The van der Waals surface area contributed by atoms with Crippen LogP contribution in [0.5, 0.6) is 0 Å². The molecule has 0 amide bonds. The van der Waals surface area contributed by atoms with E-state index in [9.17, 15) is 8.42 Å². The zero-order valence-electron chi connectivity index (χ0n) is 9.00. The highest BCUT2D eigenvalue weighted by Crippen LogP contribution is 2.25. The van der Waals surface area contributed by atoms with Crippen molar-refractivity contribution >= 4 is 10.3 Å². The molecule has 1 heterocycles. The van der Waals surface area contributed by atoms with E-state index in [0.29, 0.717) is 13.0 Å². The zero-order valence-corrected chi connectivity index (χ0v) is 9.82. The number of rotatable bonds is 5. The topological polar surface area (TPSA) is 91.2 Å². The SMILES string of the molecule is NS(=O)(=O)OC1CCCC(OCC2CO2)C1. The smallest absolute Gasteiger partial charge is 0.333 e. The molecular formula is C9H17NO5S. The normalized spacial score (nSPS) is 34.9. The average Bonchev–Trinajstić information content (AvgIpc) is 2.96. The Morgan fingerprint density at radius 2 is 2.00 bits per heavy atom. The van der Waals surface area contributed by atoms with Gasteiger partial charge in [0, 0.05) is 6.42 Å². The van der Waals surface area contributed by atoms with Gasteiger partial charge in [0.25, 0.3) is 0 Å². The first kappa shape index (κ1) is 12.3. The van der Waals surface area contributed by atoms with Gasteiger partial charge in [-0.3, -0.25) is 4.18 Å². The van der Waals surface area contributed by atoms with Gasteiger partial charge in [0.2, 0.25) is 0 Å². The highest BCUT2D eigenvalue weighted by atomic mass is 32.2. The van der Waals surface area contributed by atoms with E-state index < -0.39 is 10.3 Å². The minimum Gasteiger partial charge on any atom is -0.375 e. The first-order valence-corrected chi connectivity index (χ1v) is 6.94. The molecule has 3 unspecified atom stereocenters. The highest BCUT2D eigenvalue weighted by molar-refractivity contribution is 7.84. The van der Waals surface area contributed by atoms with Crippen molar-refractivity contribution in [1.82, 2.24) is 0 Å². The van der Waals surface area contributed by atoms with Gasteiger partial charge in [-0.25, -0.2) is 5.14 Å². The second kappa shape index (κ2) is 4.97. The van der Waals surface area contributed by atoms with Crippen molar-refractivity contribution in [2.24, 2.45) is 5.14 Å². The Morgan fingerprint density at radius 1 is 1.31 bits per heavy atom. The van der Waals surface area contributed by atoms with Gasteiger partial charge in [0.05, 0.1) is 25.4 Å².